The van der Waals surface area contributed by atoms with E-state index in [0.29, 0.717) is 5.92 Å². The molecule has 0 bridgehead atoms. The highest BCUT2D eigenvalue weighted by molar-refractivity contribution is 5.35. The van der Waals surface area contributed by atoms with E-state index >= 15 is 0 Å². The number of ether oxygens (including phenoxy) is 1. The van der Waals surface area contributed by atoms with Crippen molar-refractivity contribution in [2.24, 2.45) is 5.73 Å². The van der Waals surface area contributed by atoms with Gasteiger partial charge >= 0.3 is 0 Å². The van der Waals surface area contributed by atoms with Crippen molar-refractivity contribution >= 4 is 0 Å². The van der Waals surface area contributed by atoms with Gasteiger partial charge in [0.2, 0.25) is 0 Å². The predicted molar refractivity (Wildman–Crippen MR) is 55.1 cm³/mol. The summed E-state index contributed by atoms with van der Waals surface area (Å²) in [5.41, 5.74) is 6.76. The summed E-state index contributed by atoms with van der Waals surface area (Å²) >= 11 is 0. The standard InChI is InChI=1S/C11H17NO/c1-9(7-8-12)10-5-3-4-6-11(10)13-2/h3-6,9H,7-8,12H2,1-2H3. The van der Waals surface area contributed by atoms with Crippen LogP contribution < -0.4 is 10.5 Å². The van der Waals surface area contributed by atoms with Gasteiger partial charge in [-0.05, 0) is 30.5 Å². The number of nitrogens with two attached hydrogens (primary N) is 1. The summed E-state index contributed by atoms with van der Waals surface area (Å²) in [4.78, 5) is 0. The van der Waals surface area contributed by atoms with Gasteiger partial charge in [0.15, 0.2) is 0 Å². The molecule has 13 heavy (non-hydrogen) atoms. The van der Waals surface area contributed by atoms with Gasteiger partial charge in [0.25, 0.3) is 0 Å². The molecule has 72 valence electrons. The molecule has 1 aromatic rings. The van der Waals surface area contributed by atoms with Crippen molar-refractivity contribution in [2.45, 2.75) is 19.3 Å². The number of rotatable bonds is 4. The monoisotopic (exact) mass is 179 g/mol. The van der Waals surface area contributed by atoms with Gasteiger partial charge in [0.1, 0.15) is 5.75 Å². The summed E-state index contributed by atoms with van der Waals surface area (Å²) in [6, 6.07) is 8.10. The second-order valence-corrected chi connectivity index (χ2v) is 3.22. The minimum absolute atomic E-state index is 0.473. The maximum atomic E-state index is 5.52. The van der Waals surface area contributed by atoms with E-state index in [1.54, 1.807) is 7.11 Å². The lowest BCUT2D eigenvalue weighted by Crippen LogP contribution is -2.05. The molecule has 1 atom stereocenters. The predicted octanol–water partition coefficient (Wildman–Crippen LogP) is 2.15. The van der Waals surface area contributed by atoms with Gasteiger partial charge in [-0.1, -0.05) is 25.1 Å². The first-order valence-electron chi connectivity index (χ1n) is 4.62. The van der Waals surface area contributed by atoms with Crippen molar-refractivity contribution in [3.8, 4) is 5.75 Å². The van der Waals surface area contributed by atoms with Crippen molar-refractivity contribution in [3.05, 3.63) is 29.8 Å². The average Bonchev–Trinajstić information content (AvgIpc) is 2.18. The van der Waals surface area contributed by atoms with Crippen LogP contribution in [0, 0.1) is 0 Å². The zero-order valence-corrected chi connectivity index (χ0v) is 8.29. The van der Waals surface area contributed by atoms with Gasteiger partial charge in [0.05, 0.1) is 7.11 Å². The molecule has 0 aromatic heterocycles. The zero-order chi connectivity index (χ0) is 9.68. The van der Waals surface area contributed by atoms with E-state index < -0.39 is 0 Å². The normalized spacial score (nSPS) is 12.5. The Bertz CT molecular complexity index is 260. The highest BCUT2D eigenvalue weighted by Gasteiger charge is 2.08. The van der Waals surface area contributed by atoms with Crippen molar-refractivity contribution in [3.63, 3.8) is 0 Å². The molecule has 0 radical (unpaired) electrons. The summed E-state index contributed by atoms with van der Waals surface area (Å²) in [5.74, 6) is 1.43. The molecule has 0 aliphatic rings. The second kappa shape index (κ2) is 4.87. The maximum Gasteiger partial charge on any atom is 0.122 e. The third-order valence-electron chi connectivity index (χ3n) is 2.27. The van der Waals surface area contributed by atoms with Crippen molar-refractivity contribution < 1.29 is 4.74 Å². The summed E-state index contributed by atoms with van der Waals surface area (Å²) < 4.78 is 5.27. The van der Waals surface area contributed by atoms with E-state index in [2.05, 4.69) is 13.0 Å². The highest BCUT2D eigenvalue weighted by Crippen LogP contribution is 2.27. The molecule has 0 aliphatic heterocycles. The summed E-state index contributed by atoms with van der Waals surface area (Å²) in [5, 5.41) is 0. The van der Waals surface area contributed by atoms with E-state index in [4.69, 9.17) is 10.5 Å². The molecule has 0 fully saturated rings. The van der Waals surface area contributed by atoms with Crippen molar-refractivity contribution in [1.29, 1.82) is 0 Å². The molecule has 2 nitrogen and oxygen atoms in total. The molecule has 2 N–H and O–H groups in total. The van der Waals surface area contributed by atoms with Crippen molar-refractivity contribution in [1.82, 2.24) is 0 Å². The molecule has 1 rings (SSSR count). The molecule has 2 heteroatoms. The molecule has 0 saturated heterocycles. The van der Waals surface area contributed by atoms with E-state index in [1.807, 2.05) is 18.2 Å². The van der Waals surface area contributed by atoms with Crippen LogP contribution in [-0.2, 0) is 0 Å². The van der Waals surface area contributed by atoms with E-state index in [0.717, 1.165) is 18.7 Å². The Labute approximate surface area is 79.7 Å². The van der Waals surface area contributed by atoms with Crippen LogP contribution in [0.3, 0.4) is 0 Å². The smallest absolute Gasteiger partial charge is 0.122 e. The van der Waals surface area contributed by atoms with Crippen LogP contribution in [-0.4, -0.2) is 13.7 Å². The first-order chi connectivity index (χ1) is 6.29. The molecule has 0 saturated carbocycles. The Morgan fingerprint density at radius 3 is 2.69 bits per heavy atom. The third kappa shape index (κ3) is 2.46. The molecular formula is C11H17NO. The van der Waals surface area contributed by atoms with Crippen LogP contribution in [0.2, 0.25) is 0 Å². The first kappa shape index (κ1) is 10.1. The molecule has 0 aliphatic carbocycles. The molecule has 1 unspecified atom stereocenters. The van der Waals surface area contributed by atoms with Gasteiger partial charge in [-0.25, -0.2) is 0 Å². The van der Waals surface area contributed by atoms with Crippen LogP contribution in [0.4, 0.5) is 0 Å². The topological polar surface area (TPSA) is 35.2 Å². The van der Waals surface area contributed by atoms with Gasteiger partial charge in [-0.15, -0.1) is 0 Å². The first-order valence-corrected chi connectivity index (χ1v) is 4.62. The Morgan fingerprint density at radius 1 is 1.38 bits per heavy atom. The fourth-order valence-corrected chi connectivity index (χ4v) is 1.48. The quantitative estimate of drug-likeness (QED) is 0.768. The minimum atomic E-state index is 0.473. The largest absolute Gasteiger partial charge is 0.496 e. The number of hydrogen-bond acceptors (Lipinski definition) is 2. The minimum Gasteiger partial charge on any atom is -0.496 e. The Hall–Kier alpha value is -1.02. The van der Waals surface area contributed by atoms with E-state index in [-0.39, 0.29) is 0 Å². The van der Waals surface area contributed by atoms with E-state index in [9.17, 15) is 0 Å². The van der Waals surface area contributed by atoms with Crippen LogP contribution in [0.15, 0.2) is 24.3 Å². The van der Waals surface area contributed by atoms with Gasteiger partial charge < -0.3 is 10.5 Å². The highest BCUT2D eigenvalue weighted by atomic mass is 16.5. The number of benzene rings is 1. The SMILES string of the molecule is COc1ccccc1C(C)CCN. The second-order valence-electron chi connectivity index (χ2n) is 3.22. The van der Waals surface area contributed by atoms with Crippen LogP contribution in [0.5, 0.6) is 5.75 Å². The Morgan fingerprint density at radius 2 is 2.08 bits per heavy atom. The summed E-state index contributed by atoms with van der Waals surface area (Å²) in [6.07, 6.45) is 1.00. The average molecular weight is 179 g/mol. The lowest BCUT2D eigenvalue weighted by Gasteiger charge is -2.14. The van der Waals surface area contributed by atoms with Crippen LogP contribution in [0.25, 0.3) is 0 Å². The fourth-order valence-electron chi connectivity index (χ4n) is 1.48. The summed E-state index contributed by atoms with van der Waals surface area (Å²) in [7, 11) is 1.70. The Kier molecular flexibility index (Phi) is 3.77. The molecule has 1 aromatic carbocycles. The fraction of sp³-hybridized carbons (Fsp3) is 0.455. The number of hydrogen-bond donors (Lipinski definition) is 1. The molecule has 0 spiro atoms. The van der Waals surface area contributed by atoms with Crippen molar-refractivity contribution in [2.75, 3.05) is 13.7 Å². The number of para-hydroxylation sites is 1. The Balaban J connectivity index is 2.85. The maximum absolute atomic E-state index is 5.52. The lowest BCUT2D eigenvalue weighted by molar-refractivity contribution is 0.405. The molecule has 0 amide bonds. The summed E-state index contributed by atoms with van der Waals surface area (Å²) in [6.45, 7) is 2.89. The molecule has 0 heterocycles. The zero-order valence-electron chi connectivity index (χ0n) is 8.29. The van der Waals surface area contributed by atoms with Gasteiger partial charge in [-0.2, -0.15) is 0 Å². The third-order valence-corrected chi connectivity index (χ3v) is 2.27. The number of methoxy groups -OCH3 is 1. The van der Waals surface area contributed by atoms with Crippen LogP contribution >= 0.6 is 0 Å². The van der Waals surface area contributed by atoms with Gasteiger partial charge in [-0.3, -0.25) is 0 Å². The van der Waals surface area contributed by atoms with Crippen LogP contribution in [0.1, 0.15) is 24.8 Å². The van der Waals surface area contributed by atoms with Gasteiger partial charge in [0, 0.05) is 0 Å². The van der Waals surface area contributed by atoms with E-state index in [1.165, 1.54) is 5.56 Å². The molecular weight excluding hydrogens is 162 g/mol. The lowest BCUT2D eigenvalue weighted by atomic mass is 9.97.